The van der Waals surface area contributed by atoms with Crippen molar-refractivity contribution in [1.82, 2.24) is 4.98 Å². The standard InChI is InChI=1S/C14H9BrClNO2/c15-10-7-9(16)5-6-12(10)18-8-14-17-11-3-1-2-4-13(11)19-14/h1-7H,8H2. The van der Waals surface area contributed by atoms with Crippen LogP contribution in [0.2, 0.25) is 5.02 Å². The van der Waals surface area contributed by atoms with Gasteiger partial charge in [0.05, 0.1) is 4.47 Å². The molecule has 0 atom stereocenters. The number of fused-ring (bicyclic) bond motifs is 1. The predicted molar refractivity (Wildman–Crippen MR) is 77.5 cm³/mol. The van der Waals surface area contributed by atoms with E-state index in [2.05, 4.69) is 20.9 Å². The van der Waals surface area contributed by atoms with Crippen molar-refractivity contribution in [1.29, 1.82) is 0 Å². The molecule has 0 aliphatic rings. The van der Waals surface area contributed by atoms with E-state index in [4.69, 9.17) is 20.8 Å². The van der Waals surface area contributed by atoms with Crippen molar-refractivity contribution >= 4 is 38.6 Å². The van der Waals surface area contributed by atoms with Gasteiger partial charge in [0, 0.05) is 5.02 Å². The molecule has 0 saturated carbocycles. The molecule has 19 heavy (non-hydrogen) atoms. The van der Waals surface area contributed by atoms with Crippen LogP contribution in [0.15, 0.2) is 51.4 Å². The van der Waals surface area contributed by atoms with Gasteiger partial charge in [0.1, 0.15) is 11.3 Å². The van der Waals surface area contributed by atoms with Crippen molar-refractivity contribution in [3.63, 3.8) is 0 Å². The van der Waals surface area contributed by atoms with Gasteiger partial charge in [0.25, 0.3) is 0 Å². The first-order chi connectivity index (χ1) is 9.22. The highest BCUT2D eigenvalue weighted by Crippen LogP contribution is 2.28. The summed E-state index contributed by atoms with van der Waals surface area (Å²) in [6, 6.07) is 13.0. The van der Waals surface area contributed by atoms with Crippen LogP contribution < -0.4 is 4.74 Å². The van der Waals surface area contributed by atoms with Gasteiger partial charge < -0.3 is 9.15 Å². The summed E-state index contributed by atoms with van der Waals surface area (Å²) in [7, 11) is 0. The molecule has 0 saturated heterocycles. The third-order valence-electron chi connectivity index (χ3n) is 2.58. The van der Waals surface area contributed by atoms with Crippen molar-refractivity contribution in [2.24, 2.45) is 0 Å². The Morgan fingerprint density at radius 3 is 2.84 bits per heavy atom. The topological polar surface area (TPSA) is 35.3 Å². The summed E-state index contributed by atoms with van der Waals surface area (Å²) in [5, 5.41) is 0.654. The van der Waals surface area contributed by atoms with Gasteiger partial charge in [-0.15, -0.1) is 0 Å². The maximum atomic E-state index is 5.87. The highest BCUT2D eigenvalue weighted by Gasteiger charge is 2.07. The lowest BCUT2D eigenvalue weighted by atomic mass is 10.3. The third-order valence-corrected chi connectivity index (χ3v) is 3.44. The van der Waals surface area contributed by atoms with Gasteiger partial charge in [0.2, 0.25) is 5.89 Å². The molecule has 0 aliphatic heterocycles. The number of hydrogen-bond acceptors (Lipinski definition) is 3. The number of ether oxygens (including phenoxy) is 1. The molecule has 0 bridgehead atoms. The van der Waals surface area contributed by atoms with E-state index in [9.17, 15) is 0 Å². The van der Waals surface area contributed by atoms with E-state index in [1.165, 1.54) is 0 Å². The largest absolute Gasteiger partial charge is 0.483 e. The summed E-state index contributed by atoms with van der Waals surface area (Å²) in [6.45, 7) is 0.273. The van der Waals surface area contributed by atoms with E-state index in [0.29, 0.717) is 16.7 Å². The molecule has 1 aromatic heterocycles. The van der Waals surface area contributed by atoms with Crippen LogP contribution in [-0.4, -0.2) is 4.98 Å². The summed E-state index contributed by atoms with van der Waals surface area (Å²) in [4.78, 5) is 4.34. The minimum atomic E-state index is 0.273. The minimum Gasteiger partial charge on any atom is -0.483 e. The number of halogens is 2. The van der Waals surface area contributed by atoms with Crippen LogP contribution in [0.4, 0.5) is 0 Å². The quantitative estimate of drug-likeness (QED) is 0.686. The Morgan fingerprint density at radius 1 is 1.21 bits per heavy atom. The van der Waals surface area contributed by atoms with E-state index in [0.717, 1.165) is 15.6 Å². The smallest absolute Gasteiger partial charge is 0.233 e. The van der Waals surface area contributed by atoms with Crippen molar-refractivity contribution in [3.8, 4) is 5.75 Å². The lowest BCUT2D eigenvalue weighted by Crippen LogP contribution is -1.96. The molecule has 96 valence electrons. The number of benzene rings is 2. The van der Waals surface area contributed by atoms with E-state index in [-0.39, 0.29) is 6.61 Å². The summed E-state index contributed by atoms with van der Waals surface area (Å²) >= 11 is 9.27. The zero-order chi connectivity index (χ0) is 13.2. The third kappa shape index (κ3) is 2.74. The molecule has 0 unspecified atom stereocenters. The molecule has 2 aromatic carbocycles. The van der Waals surface area contributed by atoms with E-state index in [1.807, 2.05) is 24.3 Å². The molecule has 0 amide bonds. The van der Waals surface area contributed by atoms with Gasteiger partial charge in [-0.3, -0.25) is 0 Å². The van der Waals surface area contributed by atoms with Crippen LogP contribution in [0.25, 0.3) is 11.1 Å². The Labute approximate surface area is 123 Å². The van der Waals surface area contributed by atoms with Crippen molar-refractivity contribution in [3.05, 3.63) is 57.9 Å². The maximum absolute atomic E-state index is 5.87. The molecule has 3 rings (SSSR count). The zero-order valence-electron chi connectivity index (χ0n) is 9.77. The van der Waals surface area contributed by atoms with E-state index >= 15 is 0 Å². The second-order valence-corrected chi connectivity index (χ2v) is 5.23. The normalized spacial score (nSPS) is 10.8. The fourth-order valence-electron chi connectivity index (χ4n) is 1.71. The number of nitrogens with zero attached hydrogens (tertiary/aromatic N) is 1. The summed E-state index contributed by atoms with van der Waals surface area (Å²) in [5.41, 5.74) is 1.59. The second kappa shape index (κ2) is 5.23. The van der Waals surface area contributed by atoms with Crippen LogP contribution in [-0.2, 0) is 6.61 Å². The number of para-hydroxylation sites is 2. The van der Waals surface area contributed by atoms with E-state index < -0.39 is 0 Å². The van der Waals surface area contributed by atoms with Crippen molar-refractivity contribution in [2.45, 2.75) is 6.61 Å². The molecule has 1 heterocycles. The van der Waals surface area contributed by atoms with Gasteiger partial charge in [-0.05, 0) is 46.3 Å². The molecular weight excluding hydrogens is 330 g/mol. The van der Waals surface area contributed by atoms with Crippen molar-refractivity contribution in [2.75, 3.05) is 0 Å². The molecule has 0 aliphatic carbocycles. The molecular formula is C14H9BrClNO2. The summed E-state index contributed by atoms with van der Waals surface area (Å²) in [6.07, 6.45) is 0. The van der Waals surface area contributed by atoms with Gasteiger partial charge >= 0.3 is 0 Å². The summed E-state index contributed by atoms with van der Waals surface area (Å²) < 4.78 is 12.0. The average molecular weight is 339 g/mol. The molecule has 0 spiro atoms. The fraction of sp³-hybridized carbons (Fsp3) is 0.0714. The Hall–Kier alpha value is -1.52. The average Bonchev–Trinajstić information content (AvgIpc) is 2.80. The molecule has 3 nitrogen and oxygen atoms in total. The van der Waals surface area contributed by atoms with Crippen LogP contribution in [0.5, 0.6) is 5.75 Å². The first-order valence-electron chi connectivity index (χ1n) is 5.65. The lowest BCUT2D eigenvalue weighted by molar-refractivity contribution is 0.265. The number of oxazole rings is 1. The van der Waals surface area contributed by atoms with Crippen molar-refractivity contribution < 1.29 is 9.15 Å². The van der Waals surface area contributed by atoms with Crippen LogP contribution in [0.1, 0.15) is 5.89 Å². The lowest BCUT2D eigenvalue weighted by Gasteiger charge is -2.05. The highest BCUT2D eigenvalue weighted by molar-refractivity contribution is 9.10. The molecule has 5 heteroatoms. The highest BCUT2D eigenvalue weighted by atomic mass is 79.9. The zero-order valence-corrected chi connectivity index (χ0v) is 12.1. The van der Waals surface area contributed by atoms with Gasteiger partial charge in [0.15, 0.2) is 12.2 Å². The monoisotopic (exact) mass is 337 g/mol. The maximum Gasteiger partial charge on any atom is 0.233 e. The number of aromatic nitrogens is 1. The number of rotatable bonds is 3. The molecule has 0 N–H and O–H groups in total. The van der Waals surface area contributed by atoms with Crippen LogP contribution >= 0.6 is 27.5 Å². The Bertz CT molecular complexity index is 693. The molecule has 0 radical (unpaired) electrons. The fourth-order valence-corrected chi connectivity index (χ4v) is 2.51. The first-order valence-corrected chi connectivity index (χ1v) is 6.82. The first kappa shape index (κ1) is 12.5. The van der Waals surface area contributed by atoms with Gasteiger partial charge in [-0.25, -0.2) is 4.98 Å². The van der Waals surface area contributed by atoms with Gasteiger partial charge in [-0.2, -0.15) is 0 Å². The van der Waals surface area contributed by atoms with Gasteiger partial charge in [-0.1, -0.05) is 23.7 Å². The molecule has 3 aromatic rings. The Morgan fingerprint density at radius 2 is 2.05 bits per heavy atom. The number of hydrogen-bond donors (Lipinski definition) is 0. The predicted octanol–water partition coefficient (Wildman–Crippen LogP) is 4.82. The summed E-state index contributed by atoms with van der Waals surface area (Å²) in [5.74, 6) is 1.25. The molecule has 0 fully saturated rings. The Balaban J connectivity index is 1.78. The SMILES string of the molecule is Clc1ccc(OCc2nc3ccccc3o2)c(Br)c1. The van der Waals surface area contributed by atoms with E-state index in [1.54, 1.807) is 18.2 Å². The van der Waals surface area contributed by atoms with Crippen LogP contribution in [0.3, 0.4) is 0 Å². The minimum absolute atomic E-state index is 0.273. The second-order valence-electron chi connectivity index (χ2n) is 3.94. The Kier molecular flexibility index (Phi) is 3.44. The van der Waals surface area contributed by atoms with Crippen LogP contribution in [0, 0.1) is 0 Å².